The molecule has 0 bridgehead atoms. The maximum Gasteiger partial charge on any atom is 0.255 e. The predicted molar refractivity (Wildman–Crippen MR) is 250 cm³/mol. The van der Waals surface area contributed by atoms with Gasteiger partial charge in [-0.25, -0.2) is 0 Å². The molecule has 4 aliphatic heterocycles. The van der Waals surface area contributed by atoms with Crippen LogP contribution in [0.2, 0.25) is 0 Å². The van der Waals surface area contributed by atoms with E-state index in [-0.39, 0.29) is 18.2 Å². The maximum absolute atomic E-state index is 13.2. The summed E-state index contributed by atoms with van der Waals surface area (Å²) in [5.41, 5.74) is 5.98. The smallest absolute Gasteiger partial charge is 0.255 e. The second-order valence-corrected chi connectivity index (χ2v) is 20.6. The summed E-state index contributed by atoms with van der Waals surface area (Å²) in [5.74, 6) is 1.50. The lowest BCUT2D eigenvalue weighted by Crippen LogP contribution is -2.53. The van der Waals surface area contributed by atoms with E-state index >= 15 is 0 Å². The van der Waals surface area contributed by atoms with Gasteiger partial charge in [0, 0.05) is 92.7 Å². The van der Waals surface area contributed by atoms with E-state index < -0.39 is 19.1 Å². The SMILES string of the molecule is CCc1cc(Nc2nc(Nc3ccccc3P(C)(C)=O)c3cc[nH]c3n2)c(OC)cc1N1CCC(N2CCN(CCOc3cccc4c3CN(C3CCC(=O)NC3=O)C4=O)CC2)CC1. The van der Waals surface area contributed by atoms with Crippen molar-refractivity contribution in [2.24, 2.45) is 0 Å². The van der Waals surface area contributed by atoms with E-state index in [1.807, 2.05) is 48.7 Å². The summed E-state index contributed by atoms with van der Waals surface area (Å²) in [5, 5.41) is 10.8. The average molecular weight is 889 g/mol. The zero-order chi connectivity index (χ0) is 44.5. The van der Waals surface area contributed by atoms with Crippen molar-refractivity contribution in [2.75, 3.05) is 88.4 Å². The Kier molecular flexibility index (Phi) is 12.4. The number of aromatic amines is 1. The van der Waals surface area contributed by atoms with E-state index in [1.54, 1.807) is 31.4 Å². The van der Waals surface area contributed by atoms with Gasteiger partial charge in [0.15, 0.2) is 0 Å². The fourth-order valence-corrected chi connectivity index (χ4v) is 10.8. The molecule has 3 aromatic carbocycles. The van der Waals surface area contributed by atoms with Crippen LogP contribution in [0.4, 0.5) is 28.8 Å². The van der Waals surface area contributed by atoms with E-state index in [4.69, 9.17) is 19.4 Å². The van der Waals surface area contributed by atoms with Gasteiger partial charge in [-0.2, -0.15) is 9.97 Å². The highest BCUT2D eigenvalue weighted by Crippen LogP contribution is 2.40. The zero-order valence-electron chi connectivity index (χ0n) is 37.0. The van der Waals surface area contributed by atoms with Gasteiger partial charge in [-0.1, -0.05) is 25.1 Å². The second kappa shape index (κ2) is 18.3. The third-order valence-corrected chi connectivity index (χ3v) is 14.7. The van der Waals surface area contributed by atoms with Crippen molar-refractivity contribution in [3.05, 3.63) is 83.6 Å². The van der Waals surface area contributed by atoms with E-state index in [0.29, 0.717) is 60.1 Å². The number of H-pyrrole nitrogens is 1. The van der Waals surface area contributed by atoms with Crippen molar-refractivity contribution in [1.82, 2.24) is 35.0 Å². The minimum atomic E-state index is -2.55. The van der Waals surface area contributed by atoms with E-state index in [9.17, 15) is 18.9 Å². The molecular weight excluding hydrogens is 832 g/mol. The number of anilines is 5. The van der Waals surface area contributed by atoms with Gasteiger partial charge in [-0.3, -0.25) is 29.5 Å². The lowest BCUT2D eigenvalue weighted by atomic mass is 9.99. The van der Waals surface area contributed by atoms with Gasteiger partial charge in [0.25, 0.3) is 5.91 Å². The Morgan fingerprint density at radius 1 is 0.875 bits per heavy atom. The number of fused-ring (bicyclic) bond motifs is 2. The van der Waals surface area contributed by atoms with Crippen LogP contribution in [0.5, 0.6) is 11.5 Å². The molecule has 6 heterocycles. The average Bonchev–Trinajstić information content (AvgIpc) is 3.91. The van der Waals surface area contributed by atoms with Gasteiger partial charge in [0.1, 0.15) is 42.8 Å². The van der Waals surface area contributed by atoms with Crippen molar-refractivity contribution in [3.8, 4) is 11.5 Å². The van der Waals surface area contributed by atoms with Crippen LogP contribution in [-0.2, 0) is 27.1 Å². The number of piperazine rings is 1. The summed E-state index contributed by atoms with van der Waals surface area (Å²) in [6.45, 7) is 13.2. The van der Waals surface area contributed by atoms with Crippen LogP contribution in [0.15, 0.2) is 66.9 Å². The fourth-order valence-electron chi connectivity index (χ4n) is 9.65. The standard InChI is InChI=1S/C47H57N10O6P/c1-5-30-27-36(50-47-52-43-33(15-18-48-43)44(53-47)49-35-10-6-7-12-41(35)64(3,4)61)40(62-2)28-38(30)56-19-16-31(17-20-56)55-23-21-54(22-24-55)25-26-63-39-11-8-9-32-34(39)29-57(46(32)60)37-13-14-42(58)51-45(37)59/h6-12,15,18,27-28,31,37H,5,13-14,16-17,19-26,29H2,1-4H3,(H,51,58,59)(H3,48,49,50,52,53). The number of carbonyl (C=O) groups excluding carboxylic acids is 3. The Morgan fingerprint density at radius 3 is 2.42 bits per heavy atom. The number of amides is 3. The monoisotopic (exact) mass is 888 g/mol. The molecule has 9 rings (SSSR count). The van der Waals surface area contributed by atoms with Crippen LogP contribution < -0.4 is 35.6 Å². The number of imide groups is 1. The summed E-state index contributed by atoms with van der Waals surface area (Å²) >= 11 is 0. The molecule has 5 aromatic rings. The molecule has 1 unspecified atom stereocenters. The highest BCUT2D eigenvalue weighted by Gasteiger charge is 2.40. The van der Waals surface area contributed by atoms with E-state index in [0.717, 1.165) is 92.7 Å². The molecule has 4 aliphatic rings. The first-order valence-electron chi connectivity index (χ1n) is 22.3. The molecule has 336 valence electrons. The molecule has 3 amide bonds. The second-order valence-electron chi connectivity index (χ2n) is 17.4. The predicted octanol–water partition coefficient (Wildman–Crippen LogP) is 5.69. The summed E-state index contributed by atoms with van der Waals surface area (Å²) < 4.78 is 25.4. The van der Waals surface area contributed by atoms with Crippen molar-refractivity contribution >= 4 is 70.0 Å². The first kappa shape index (κ1) is 43.3. The highest BCUT2D eigenvalue weighted by molar-refractivity contribution is 7.70. The number of nitrogens with one attached hydrogen (secondary N) is 4. The van der Waals surface area contributed by atoms with Crippen LogP contribution in [0.1, 0.15) is 54.1 Å². The number of carbonyl (C=O) groups is 3. The number of aryl methyl sites for hydroxylation is 1. The van der Waals surface area contributed by atoms with Crippen molar-refractivity contribution < 1.29 is 28.4 Å². The van der Waals surface area contributed by atoms with Crippen molar-refractivity contribution in [1.29, 1.82) is 0 Å². The highest BCUT2D eigenvalue weighted by atomic mass is 31.2. The molecular formula is C47H57N10O6P. The van der Waals surface area contributed by atoms with Gasteiger partial charge in [-0.05, 0) is 81.0 Å². The molecule has 0 saturated carbocycles. The van der Waals surface area contributed by atoms with Crippen LogP contribution in [-0.4, -0.2) is 132 Å². The number of methoxy groups -OCH3 is 1. The quantitative estimate of drug-likeness (QED) is 0.0791. The minimum Gasteiger partial charge on any atom is -0.494 e. The van der Waals surface area contributed by atoms with Gasteiger partial charge < -0.3 is 39.5 Å². The maximum atomic E-state index is 13.2. The first-order chi connectivity index (χ1) is 31.0. The van der Waals surface area contributed by atoms with Crippen molar-refractivity contribution in [2.45, 2.75) is 57.7 Å². The van der Waals surface area contributed by atoms with Crippen LogP contribution >= 0.6 is 7.14 Å². The van der Waals surface area contributed by atoms with Gasteiger partial charge >= 0.3 is 0 Å². The Balaban J connectivity index is 0.784. The fraction of sp³-hybridized carbons (Fsp3) is 0.426. The number of ether oxygens (including phenoxy) is 2. The third-order valence-electron chi connectivity index (χ3n) is 13.1. The first-order valence-corrected chi connectivity index (χ1v) is 24.9. The number of piperidine rings is 2. The Labute approximate surface area is 373 Å². The summed E-state index contributed by atoms with van der Waals surface area (Å²) in [6, 6.07) is 19.2. The molecule has 17 heteroatoms. The number of hydrogen-bond donors (Lipinski definition) is 4. The van der Waals surface area contributed by atoms with Gasteiger partial charge in [0.05, 0.1) is 30.4 Å². The molecule has 1 atom stereocenters. The molecule has 3 fully saturated rings. The summed E-state index contributed by atoms with van der Waals surface area (Å²) in [6.07, 6.45) is 5.40. The zero-order valence-corrected chi connectivity index (χ0v) is 37.9. The Morgan fingerprint density at radius 2 is 1.67 bits per heavy atom. The van der Waals surface area contributed by atoms with Crippen LogP contribution in [0.25, 0.3) is 11.0 Å². The molecule has 0 radical (unpaired) electrons. The molecule has 16 nitrogen and oxygen atoms in total. The topological polar surface area (TPSA) is 177 Å². The number of rotatable bonds is 14. The number of aromatic nitrogens is 3. The number of nitrogens with zero attached hydrogens (tertiary/aromatic N) is 6. The van der Waals surface area contributed by atoms with Crippen molar-refractivity contribution in [3.63, 3.8) is 0 Å². The summed E-state index contributed by atoms with van der Waals surface area (Å²) in [4.78, 5) is 59.5. The normalized spacial score (nSPS) is 18.9. The number of hydrogen-bond acceptors (Lipinski definition) is 13. The number of para-hydroxylation sites is 1. The van der Waals surface area contributed by atoms with E-state index in [1.165, 1.54) is 11.3 Å². The lowest BCUT2D eigenvalue weighted by molar-refractivity contribution is -0.136. The largest absolute Gasteiger partial charge is 0.494 e. The molecule has 0 spiro atoms. The molecule has 0 aliphatic carbocycles. The molecule has 3 saturated heterocycles. The lowest BCUT2D eigenvalue weighted by Gasteiger charge is -2.43. The summed E-state index contributed by atoms with van der Waals surface area (Å²) in [7, 11) is -0.864. The third kappa shape index (κ3) is 8.91. The number of benzene rings is 3. The Bertz CT molecular complexity index is 2610. The Hall–Kier alpha value is -5.96. The molecule has 4 N–H and O–H groups in total. The van der Waals surface area contributed by atoms with E-state index in [2.05, 4.69) is 54.7 Å². The van der Waals surface area contributed by atoms with Gasteiger partial charge in [-0.15, -0.1) is 0 Å². The molecule has 64 heavy (non-hydrogen) atoms. The molecule has 2 aromatic heterocycles. The van der Waals surface area contributed by atoms with Crippen LogP contribution in [0, 0.1) is 0 Å². The minimum absolute atomic E-state index is 0.194. The van der Waals surface area contributed by atoms with Crippen LogP contribution in [0.3, 0.4) is 0 Å². The van der Waals surface area contributed by atoms with Gasteiger partial charge in [0.2, 0.25) is 17.8 Å².